The molecule has 72 valence electrons. The highest BCUT2D eigenvalue weighted by molar-refractivity contribution is 7.71. The maximum atomic E-state index is 5.35. The molecule has 3 heteroatoms. The Bertz CT molecular complexity index is 470. The van der Waals surface area contributed by atoms with Crippen molar-refractivity contribution < 1.29 is 4.52 Å². The van der Waals surface area contributed by atoms with Crippen LogP contribution in [0, 0.1) is 4.71 Å². The van der Waals surface area contributed by atoms with Crippen molar-refractivity contribution in [3.63, 3.8) is 0 Å². The normalized spacial score (nSPS) is 10.4. The quantitative estimate of drug-likeness (QED) is 0.698. The summed E-state index contributed by atoms with van der Waals surface area (Å²) in [6.07, 6.45) is 0. The lowest BCUT2D eigenvalue weighted by Gasteiger charge is -2.02. The molecule has 1 aromatic heterocycles. The van der Waals surface area contributed by atoms with Crippen LogP contribution in [0.15, 0.2) is 40.9 Å². The van der Waals surface area contributed by atoms with Crippen LogP contribution in [0.1, 0.15) is 6.92 Å². The topological polar surface area (TPSA) is 18.1 Å². The number of rotatable bonds is 2. The van der Waals surface area contributed by atoms with E-state index in [1.54, 1.807) is 4.74 Å². The van der Waals surface area contributed by atoms with E-state index in [1.165, 1.54) is 0 Å². The number of nitrogens with zero attached hydrogens (tertiary/aromatic N) is 1. The predicted octanol–water partition coefficient (Wildman–Crippen LogP) is 3.50. The summed E-state index contributed by atoms with van der Waals surface area (Å²) in [5.41, 5.74) is 2.17. The first kappa shape index (κ1) is 9.21. The second-order valence-corrected chi connectivity index (χ2v) is 3.40. The van der Waals surface area contributed by atoms with Crippen LogP contribution in [0.4, 0.5) is 0 Å². The fourth-order valence-corrected chi connectivity index (χ4v) is 1.64. The zero-order valence-electron chi connectivity index (χ0n) is 7.93. The monoisotopic (exact) mass is 205 g/mol. The van der Waals surface area contributed by atoms with Gasteiger partial charge in [-0.05, 0) is 19.1 Å². The van der Waals surface area contributed by atoms with E-state index in [1.807, 2.05) is 43.3 Å². The molecule has 0 atom stereocenters. The molecule has 2 aromatic rings. The lowest BCUT2D eigenvalue weighted by atomic mass is 10.1. The molecule has 14 heavy (non-hydrogen) atoms. The molecule has 2 nitrogen and oxygen atoms in total. The number of aromatic nitrogens is 1. The highest BCUT2D eigenvalue weighted by atomic mass is 32.1. The van der Waals surface area contributed by atoms with E-state index in [2.05, 4.69) is 0 Å². The first-order valence-corrected chi connectivity index (χ1v) is 4.98. The van der Waals surface area contributed by atoms with Gasteiger partial charge in [0.25, 0.3) is 0 Å². The van der Waals surface area contributed by atoms with Crippen molar-refractivity contribution in [3.8, 4) is 11.3 Å². The average Bonchev–Trinajstić information content (AvgIpc) is 2.61. The molecule has 0 saturated carbocycles. The summed E-state index contributed by atoms with van der Waals surface area (Å²) in [6, 6.07) is 12.0. The first-order chi connectivity index (χ1) is 6.81. The number of benzene rings is 1. The third-order valence-corrected chi connectivity index (χ3v) is 2.27. The van der Waals surface area contributed by atoms with E-state index < -0.39 is 0 Å². The van der Waals surface area contributed by atoms with Gasteiger partial charge < -0.3 is 4.52 Å². The summed E-state index contributed by atoms with van der Waals surface area (Å²) in [6.45, 7) is 2.82. The largest absolute Gasteiger partial charge is 0.368 e. The van der Waals surface area contributed by atoms with Crippen LogP contribution in [0.5, 0.6) is 0 Å². The zero-order chi connectivity index (χ0) is 9.97. The van der Waals surface area contributed by atoms with Gasteiger partial charge in [0, 0.05) is 11.6 Å². The molecule has 0 fully saturated rings. The second kappa shape index (κ2) is 3.80. The Labute approximate surface area is 87.8 Å². The standard InChI is InChI=1S/C11H11NOS/c1-2-12-10(8-11(14)13-12)9-6-4-3-5-7-9/h3-8H,2H2,1H3. The van der Waals surface area contributed by atoms with Crippen molar-refractivity contribution in [2.45, 2.75) is 13.5 Å². The fraction of sp³-hybridized carbons (Fsp3) is 0.182. The molecule has 2 rings (SSSR count). The molecular formula is C11H11NOS. The van der Waals surface area contributed by atoms with E-state index in [4.69, 9.17) is 16.7 Å². The van der Waals surface area contributed by atoms with Gasteiger partial charge in [-0.3, -0.25) is 0 Å². The number of hydrogen-bond donors (Lipinski definition) is 0. The predicted molar refractivity (Wildman–Crippen MR) is 58.6 cm³/mol. The minimum atomic E-state index is 0.533. The fourth-order valence-electron chi connectivity index (χ4n) is 1.44. The highest BCUT2D eigenvalue weighted by Gasteiger charge is 2.04. The van der Waals surface area contributed by atoms with Crippen LogP contribution in [0.2, 0.25) is 0 Å². The average molecular weight is 205 g/mol. The van der Waals surface area contributed by atoms with Crippen LogP contribution in [0.25, 0.3) is 11.3 Å². The summed E-state index contributed by atoms with van der Waals surface area (Å²) in [5, 5.41) is 0. The molecule has 0 aliphatic rings. The number of hydrogen-bond acceptors (Lipinski definition) is 2. The lowest BCUT2D eigenvalue weighted by Crippen LogP contribution is -1.93. The van der Waals surface area contributed by atoms with Gasteiger partial charge in [0.2, 0.25) is 4.71 Å². The summed E-state index contributed by atoms with van der Waals surface area (Å²) in [5.74, 6) is 0. The Balaban J connectivity index is 2.56. The summed E-state index contributed by atoms with van der Waals surface area (Å²) >= 11 is 5.00. The Kier molecular flexibility index (Phi) is 2.50. The molecule has 0 saturated heterocycles. The molecule has 0 unspecified atom stereocenters. The minimum Gasteiger partial charge on any atom is -0.368 e. The van der Waals surface area contributed by atoms with Gasteiger partial charge in [-0.15, -0.1) is 0 Å². The zero-order valence-corrected chi connectivity index (χ0v) is 8.75. The van der Waals surface area contributed by atoms with Crippen molar-refractivity contribution >= 4 is 12.2 Å². The molecule has 0 aliphatic heterocycles. The van der Waals surface area contributed by atoms with Gasteiger partial charge in [-0.1, -0.05) is 30.3 Å². The molecular weight excluding hydrogens is 194 g/mol. The van der Waals surface area contributed by atoms with Crippen LogP contribution >= 0.6 is 12.2 Å². The smallest absolute Gasteiger partial charge is 0.220 e. The molecule has 1 aromatic carbocycles. The second-order valence-electron chi connectivity index (χ2n) is 3.00. The van der Waals surface area contributed by atoms with Crippen molar-refractivity contribution in [3.05, 3.63) is 41.1 Å². The minimum absolute atomic E-state index is 0.533. The maximum absolute atomic E-state index is 5.35. The van der Waals surface area contributed by atoms with Gasteiger partial charge in [0.15, 0.2) is 0 Å². The van der Waals surface area contributed by atoms with E-state index in [0.717, 1.165) is 17.8 Å². The van der Waals surface area contributed by atoms with Crippen molar-refractivity contribution in [1.82, 2.24) is 4.74 Å². The van der Waals surface area contributed by atoms with Gasteiger partial charge in [-0.2, -0.15) is 0 Å². The molecule has 0 N–H and O–H groups in total. The van der Waals surface area contributed by atoms with E-state index in [0.29, 0.717) is 4.71 Å². The van der Waals surface area contributed by atoms with E-state index >= 15 is 0 Å². The Morgan fingerprint density at radius 1 is 1.29 bits per heavy atom. The maximum Gasteiger partial charge on any atom is 0.220 e. The highest BCUT2D eigenvalue weighted by Crippen LogP contribution is 2.20. The summed E-state index contributed by atoms with van der Waals surface area (Å²) < 4.78 is 7.69. The number of aryl methyl sites for hydroxylation is 1. The van der Waals surface area contributed by atoms with Crippen molar-refractivity contribution in [1.29, 1.82) is 0 Å². The lowest BCUT2D eigenvalue weighted by molar-refractivity contribution is 0.274. The SMILES string of the molecule is CCn1oc(=S)cc1-c1ccccc1. The van der Waals surface area contributed by atoms with E-state index in [-0.39, 0.29) is 0 Å². The molecule has 0 amide bonds. The third-order valence-electron chi connectivity index (χ3n) is 2.08. The Hall–Kier alpha value is -1.35. The van der Waals surface area contributed by atoms with Gasteiger partial charge >= 0.3 is 0 Å². The third kappa shape index (κ3) is 1.63. The Morgan fingerprint density at radius 2 is 2.00 bits per heavy atom. The van der Waals surface area contributed by atoms with Gasteiger partial charge in [0.1, 0.15) is 0 Å². The van der Waals surface area contributed by atoms with Crippen molar-refractivity contribution in [2.24, 2.45) is 0 Å². The van der Waals surface area contributed by atoms with Gasteiger partial charge in [-0.25, -0.2) is 4.74 Å². The Morgan fingerprint density at radius 3 is 2.64 bits per heavy atom. The van der Waals surface area contributed by atoms with E-state index in [9.17, 15) is 0 Å². The van der Waals surface area contributed by atoms with Gasteiger partial charge in [0.05, 0.1) is 12.2 Å². The molecule has 0 aliphatic carbocycles. The van der Waals surface area contributed by atoms with Crippen LogP contribution in [-0.4, -0.2) is 4.74 Å². The summed E-state index contributed by atoms with van der Waals surface area (Å²) in [4.78, 5) is 0. The molecule has 0 bridgehead atoms. The van der Waals surface area contributed by atoms with Crippen LogP contribution < -0.4 is 0 Å². The first-order valence-electron chi connectivity index (χ1n) is 4.58. The van der Waals surface area contributed by atoms with Crippen LogP contribution in [-0.2, 0) is 6.54 Å². The summed E-state index contributed by atoms with van der Waals surface area (Å²) in [7, 11) is 0. The molecule has 0 radical (unpaired) electrons. The molecule has 0 spiro atoms. The molecule has 1 heterocycles. The van der Waals surface area contributed by atoms with Crippen LogP contribution in [0.3, 0.4) is 0 Å². The van der Waals surface area contributed by atoms with Crippen molar-refractivity contribution in [2.75, 3.05) is 0 Å².